The maximum Gasteiger partial charge on any atom is 0.352 e. The molecule has 1 aromatic carbocycles. The summed E-state index contributed by atoms with van der Waals surface area (Å²) >= 11 is 5.75. The zero-order valence-corrected chi connectivity index (χ0v) is 10.1. The third-order valence-corrected chi connectivity index (χ3v) is 2.77. The minimum atomic E-state index is -1.08. The summed E-state index contributed by atoms with van der Waals surface area (Å²) in [6.07, 6.45) is 1.62. The molecule has 2 rings (SSSR count). The van der Waals surface area contributed by atoms with Crippen molar-refractivity contribution >= 4 is 23.4 Å². The average molecular weight is 264 g/mol. The molecule has 0 fully saturated rings. The van der Waals surface area contributed by atoms with Crippen molar-refractivity contribution in [2.24, 2.45) is 0 Å². The number of aromatic nitrogens is 1. The molecule has 0 aliphatic rings. The van der Waals surface area contributed by atoms with Crippen LogP contribution in [0.25, 0.3) is 0 Å². The molecule has 0 aliphatic heterocycles. The van der Waals surface area contributed by atoms with E-state index in [1.54, 1.807) is 24.3 Å². The number of ketones is 1. The van der Waals surface area contributed by atoms with Crippen LogP contribution in [0.5, 0.6) is 0 Å². The summed E-state index contributed by atoms with van der Waals surface area (Å²) in [5.41, 5.74) is 1.21. The Kier molecular flexibility index (Phi) is 3.48. The Morgan fingerprint density at radius 3 is 2.44 bits per heavy atom. The van der Waals surface area contributed by atoms with E-state index in [2.05, 4.69) is 4.98 Å². The number of carboxylic acid groups (broad SMARTS) is 1. The van der Waals surface area contributed by atoms with Crippen LogP contribution in [0.4, 0.5) is 0 Å². The number of benzene rings is 1. The monoisotopic (exact) mass is 263 g/mol. The third kappa shape index (κ3) is 2.78. The lowest BCUT2D eigenvalue weighted by Crippen LogP contribution is -2.02. The average Bonchev–Trinajstić information content (AvgIpc) is 2.81. The highest BCUT2D eigenvalue weighted by Gasteiger charge is 2.12. The number of carbonyl (C=O) groups excluding carboxylic acids is 1. The molecule has 1 aromatic heterocycles. The standard InChI is InChI=1S/C13H10ClNO3/c14-10-3-1-8(2-4-10)5-12(16)9-6-11(13(17)18)15-7-9/h1-4,6-7,15H,5H2,(H,17,18). The SMILES string of the molecule is O=C(Cc1ccc(Cl)cc1)c1c[nH]c(C(=O)O)c1. The predicted molar refractivity (Wildman–Crippen MR) is 67.2 cm³/mol. The number of H-pyrrole nitrogens is 1. The van der Waals surface area contributed by atoms with Crippen molar-refractivity contribution in [3.05, 3.63) is 58.4 Å². The van der Waals surface area contributed by atoms with Crippen molar-refractivity contribution in [3.8, 4) is 0 Å². The molecule has 92 valence electrons. The van der Waals surface area contributed by atoms with Gasteiger partial charge in [0, 0.05) is 23.2 Å². The fourth-order valence-corrected chi connectivity index (χ4v) is 1.69. The highest BCUT2D eigenvalue weighted by molar-refractivity contribution is 6.30. The summed E-state index contributed by atoms with van der Waals surface area (Å²) in [7, 11) is 0. The number of aromatic carboxylic acids is 1. The molecule has 0 radical (unpaired) electrons. The van der Waals surface area contributed by atoms with Gasteiger partial charge in [-0.2, -0.15) is 0 Å². The van der Waals surface area contributed by atoms with Crippen LogP contribution in [0.1, 0.15) is 26.4 Å². The summed E-state index contributed by atoms with van der Waals surface area (Å²) in [6, 6.07) is 8.30. The quantitative estimate of drug-likeness (QED) is 0.834. The number of carbonyl (C=O) groups is 2. The molecular weight excluding hydrogens is 254 g/mol. The van der Waals surface area contributed by atoms with Gasteiger partial charge in [-0.3, -0.25) is 4.79 Å². The van der Waals surface area contributed by atoms with Gasteiger partial charge in [-0.1, -0.05) is 23.7 Å². The van der Waals surface area contributed by atoms with Gasteiger partial charge in [-0.05, 0) is 23.8 Å². The van der Waals surface area contributed by atoms with E-state index in [1.807, 2.05) is 0 Å². The molecule has 0 unspecified atom stereocenters. The van der Waals surface area contributed by atoms with E-state index in [4.69, 9.17) is 16.7 Å². The number of Topliss-reactive ketones (excluding diaryl/α,β-unsaturated/α-hetero) is 1. The molecule has 0 spiro atoms. The summed E-state index contributed by atoms with van der Waals surface area (Å²) in [5, 5.41) is 9.36. The normalized spacial score (nSPS) is 10.3. The Balaban J connectivity index is 2.11. The zero-order valence-electron chi connectivity index (χ0n) is 9.31. The number of aromatic amines is 1. The van der Waals surface area contributed by atoms with Crippen LogP contribution in [0.15, 0.2) is 36.5 Å². The maximum absolute atomic E-state index is 11.9. The number of rotatable bonds is 4. The molecule has 2 N–H and O–H groups in total. The topological polar surface area (TPSA) is 70.2 Å². The second-order valence-electron chi connectivity index (χ2n) is 3.83. The van der Waals surface area contributed by atoms with Gasteiger partial charge in [0.2, 0.25) is 0 Å². The number of hydrogen-bond donors (Lipinski definition) is 2. The van der Waals surface area contributed by atoms with Crippen molar-refractivity contribution in [2.75, 3.05) is 0 Å². The Morgan fingerprint density at radius 2 is 1.89 bits per heavy atom. The molecule has 0 amide bonds. The van der Waals surface area contributed by atoms with Gasteiger partial charge < -0.3 is 10.1 Å². The van der Waals surface area contributed by atoms with Crippen LogP contribution in [-0.2, 0) is 6.42 Å². The van der Waals surface area contributed by atoms with Crippen LogP contribution in [0.3, 0.4) is 0 Å². The molecule has 5 heteroatoms. The molecule has 0 atom stereocenters. The maximum atomic E-state index is 11.9. The van der Waals surface area contributed by atoms with Crippen molar-refractivity contribution in [1.29, 1.82) is 0 Å². The van der Waals surface area contributed by atoms with Crippen LogP contribution in [0.2, 0.25) is 5.02 Å². The van der Waals surface area contributed by atoms with Crippen LogP contribution in [-0.4, -0.2) is 21.8 Å². The second kappa shape index (κ2) is 5.06. The van der Waals surface area contributed by atoms with Gasteiger partial charge in [-0.25, -0.2) is 4.79 Å². The van der Waals surface area contributed by atoms with Gasteiger partial charge in [0.1, 0.15) is 5.69 Å². The van der Waals surface area contributed by atoms with Gasteiger partial charge in [0.05, 0.1) is 0 Å². The summed E-state index contributed by atoms with van der Waals surface area (Å²) in [4.78, 5) is 25.1. The smallest absolute Gasteiger partial charge is 0.352 e. The first-order chi connectivity index (χ1) is 8.56. The summed E-state index contributed by atoms with van der Waals surface area (Å²) < 4.78 is 0. The fourth-order valence-electron chi connectivity index (χ4n) is 1.57. The van der Waals surface area contributed by atoms with Crippen LogP contribution < -0.4 is 0 Å². The van der Waals surface area contributed by atoms with E-state index in [-0.39, 0.29) is 17.9 Å². The van der Waals surface area contributed by atoms with Gasteiger partial charge in [0.15, 0.2) is 5.78 Å². The van der Waals surface area contributed by atoms with E-state index in [0.717, 1.165) is 5.56 Å². The molecule has 0 aliphatic carbocycles. The minimum Gasteiger partial charge on any atom is -0.477 e. The number of halogens is 1. The van der Waals surface area contributed by atoms with Crippen molar-refractivity contribution in [1.82, 2.24) is 4.98 Å². The van der Waals surface area contributed by atoms with Crippen molar-refractivity contribution in [2.45, 2.75) is 6.42 Å². The number of hydrogen-bond acceptors (Lipinski definition) is 2. The highest BCUT2D eigenvalue weighted by atomic mass is 35.5. The lowest BCUT2D eigenvalue weighted by molar-refractivity contribution is 0.0691. The predicted octanol–water partition coefficient (Wildman–Crippen LogP) is 2.79. The van der Waals surface area contributed by atoms with Crippen LogP contribution >= 0.6 is 11.6 Å². The van der Waals surface area contributed by atoms with Crippen molar-refractivity contribution < 1.29 is 14.7 Å². The number of carboxylic acids is 1. The Bertz CT molecular complexity index is 587. The van der Waals surface area contributed by atoms with E-state index < -0.39 is 5.97 Å². The second-order valence-corrected chi connectivity index (χ2v) is 4.27. The molecule has 18 heavy (non-hydrogen) atoms. The number of nitrogens with one attached hydrogen (secondary N) is 1. The summed E-state index contributed by atoms with van der Waals surface area (Å²) in [6.45, 7) is 0. The minimum absolute atomic E-state index is 0.00876. The van der Waals surface area contributed by atoms with Crippen LogP contribution in [0, 0.1) is 0 Å². The molecule has 0 saturated heterocycles. The molecule has 0 bridgehead atoms. The molecular formula is C13H10ClNO3. The zero-order chi connectivity index (χ0) is 13.1. The molecule has 1 heterocycles. The lowest BCUT2D eigenvalue weighted by atomic mass is 10.1. The van der Waals surface area contributed by atoms with Crippen molar-refractivity contribution in [3.63, 3.8) is 0 Å². The first-order valence-corrected chi connectivity index (χ1v) is 5.63. The first kappa shape index (κ1) is 12.4. The largest absolute Gasteiger partial charge is 0.477 e. The molecule has 0 saturated carbocycles. The Morgan fingerprint density at radius 1 is 1.22 bits per heavy atom. The molecule has 2 aromatic rings. The molecule has 4 nitrogen and oxygen atoms in total. The third-order valence-electron chi connectivity index (χ3n) is 2.51. The fraction of sp³-hybridized carbons (Fsp3) is 0.0769. The Hall–Kier alpha value is -2.07. The van der Waals surface area contributed by atoms with E-state index in [9.17, 15) is 9.59 Å². The van der Waals surface area contributed by atoms with E-state index >= 15 is 0 Å². The van der Waals surface area contributed by atoms with E-state index in [0.29, 0.717) is 10.6 Å². The highest BCUT2D eigenvalue weighted by Crippen LogP contribution is 2.13. The van der Waals surface area contributed by atoms with Gasteiger partial charge >= 0.3 is 5.97 Å². The summed E-state index contributed by atoms with van der Waals surface area (Å²) in [5.74, 6) is -1.22. The lowest BCUT2D eigenvalue weighted by Gasteiger charge is -1.99. The Labute approximate surface area is 108 Å². The van der Waals surface area contributed by atoms with Gasteiger partial charge in [0.25, 0.3) is 0 Å². The van der Waals surface area contributed by atoms with Gasteiger partial charge in [-0.15, -0.1) is 0 Å². The van der Waals surface area contributed by atoms with E-state index in [1.165, 1.54) is 12.3 Å². The first-order valence-electron chi connectivity index (χ1n) is 5.25.